The number of hydrogen-bond acceptors (Lipinski definition) is 3. The average molecular weight is 292 g/mol. The Hall–Kier alpha value is -2.07. The predicted molar refractivity (Wildman–Crippen MR) is 78.4 cm³/mol. The van der Waals surface area contributed by atoms with Gasteiger partial charge in [0.1, 0.15) is 5.75 Å². The maximum Gasteiger partial charge on any atom is 0.276 e. The second-order valence-corrected chi connectivity index (χ2v) is 5.00. The summed E-state index contributed by atoms with van der Waals surface area (Å²) in [4.78, 5) is 10.4. The minimum absolute atomic E-state index is 0.0563. The zero-order valence-electron chi connectivity index (χ0n) is 11.0. The third kappa shape index (κ3) is 3.08. The number of nitrogens with zero attached hydrogens (tertiary/aromatic N) is 1. The van der Waals surface area contributed by atoms with Gasteiger partial charge in [-0.2, -0.15) is 0 Å². The molecular formula is C15H14ClNO3. The Morgan fingerprint density at radius 3 is 2.50 bits per heavy atom. The fourth-order valence-electron chi connectivity index (χ4n) is 2.16. The van der Waals surface area contributed by atoms with Crippen LogP contribution >= 0.6 is 11.6 Å². The summed E-state index contributed by atoms with van der Waals surface area (Å²) in [6.45, 7) is 1.69. The summed E-state index contributed by atoms with van der Waals surface area (Å²) in [5.41, 5.74) is 2.27. The van der Waals surface area contributed by atoms with Crippen molar-refractivity contribution < 1.29 is 10.0 Å². The van der Waals surface area contributed by atoms with Crippen LogP contribution < -0.4 is 0 Å². The number of benzene rings is 2. The second kappa shape index (κ2) is 5.92. The largest absolute Gasteiger partial charge is 0.508 e. The van der Waals surface area contributed by atoms with E-state index in [1.807, 2.05) is 24.3 Å². The zero-order chi connectivity index (χ0) is 14.7. The van der Waals surface area contributed by atoms with E-state index >= 15 is 0 Å². The van der Waals surface area contributed by atoms with Crippen molar-refractivity contribution >= 4 is 17.3 Å². The molecule has 2 rings (SSSR count). The molecule has 0 saturated heterocycles. The standard InChI is InChI=1S/C15H14ClNO3/c1-10-12(8-13(18)9-15(10)17(19)20)7-6-11-4-2-3-5-14(11)16/h2-5,8-9,18H,6-7H2,1H3. The van der Waals surface area contributed by atoms with Gasteiger partial charge in [-0.25, -0.2) is 0 Å². The highest BCUT2D eigenvalue weighted by molar-refractivity contribution is 6.31. The number of hydrogen-bond donors (Lipinski definition) is 1. The van der Waals surface area contributed by atoms with E-state index in [0.29, 0.717) is 23.4 Å². The maximum atomic E-state index is 10.9. The van der Waals surface area contributed by atoms with Crippen LogP contribution in [0.1, 0.15) is 16.7 Å². The number of aryl methyl sites for hydroxylation is 2. The SMILES string of the molecule is Cc1c(CCc2ccccc2Cl)cc(O)cc1[N+](=O)[O-]. The number of phenolic OH excluding ortho intramolecular Hbond substituents is 1. The molecule has 0 heterocycles. The molecule has 20 heavy (non-hydrogen) atoms. The molecule has 2 aromatic carbocycles. The van der Waals surface area contributed by atoms with Crippen LogP contribution in [0.2, 0.25) is 5.02 Å². The van der Waals surface area contributed by atoms with Crippen molar-refractivity contribution in [2.75, 3.05) is 0 Å². The van der Waals surface area contributed by atoms with Crippen molar-refractivity contribution in [1.29, 1.82) is 0 Å². The first kappa shape index (κ1) is 14.3. The first-order valence-electron chi connectivity index (χ1n) is 6.19. The van der Waals surface area contributed by atoms with Crippen LogP contribution in [-0.2, 0) is 12.8 Å². The maximum absolute atomic E-state index is 10.9. The van der Waals surface area contributed by atoms with Crippen LogP contribution in [0.4, 0.5) is 5.69 Å². The summed E-state index contributed by atoms with van der Waals surface area (Å²) in [5.74, 6) is -0.0866. The van der Waals surface area contributed by atoms with E-state index in [0.717, 1.165) is 11.1 Å². The van der Waals surface area contributed by atoms with E-state index in [1.54, 1.807) is 13.0 Å². The lowest BCUT2D eigenvalue weighted by molar-refractivity contribution is -0.385. The molecule has 0 aliphatic carbocycles. The third-order valence-electron chi connectivity index (χ3n) is 3.29. The molecule has 0 aliphatic rings. The van der Waals surface area contributed by atoms with Gasteiger partial charge >= 0.3 is 0 Å². The number of phenols is 1. The Balaban J connectivity index is 2.26. The smallest absolute Gasteiger partial charge is 0.276 e. The van der Waals surface area contributed by atoms with Crippen molar-refractivity contribution in [1.82, 2.24) is 0 Å². The van der Waals surface area contributed by atoms with Gasteiger partial charge in [0.2, 0.25) is 0 Å². The van der Waals surface area contributed by atoms with Gasteiger partial charge in [0.15, 0.2) is 0 Å². The summed E-state index contributed by atoms with van der Waals surface area (Å²) in [5, 5.41) is 21.2. The zero-order valence-corrected chi connectivity index (χ0v) is 11.7. The van der Waals surface area contributed by atoms with Gasteiger partial charge in [-0.3, -0.25) is 10.1 Å². The number of aromatic hydroxyl groups is 1. The number of nitro groups is 1. The molecule has 4 nitrogen and oxygen atoms in total. The fourth-order valence-corrected chi connectivity index (χ4v) is 2.39. The molecule has 0 aromatic heterocycles. The molecule has 0 amide bonds. The van der Waals surface area contributed by atoms with Crippen LogP contribution in [0.15, 0.2) is 36.4 Å². The quantitative estimate of drug-likeness (QED) is 0.683. The first-order chi connectivity index (χ1) is 9.49. The molecule has 0 aliphatic heterocycles. The van der Waals surface area contributed by atoms with Gasteiger partial charge in [-0.15, -0.1) is 0 Å². The Morgan fingerprint density at radius 2 is 1.85 bits per heavy atom. The van der Waals surface area contributed by atoms with Crippen LogP contribution in [0.5, 0.6) is 5.75 Å². The molecule has 0 spiro atoms. The lowest BCUT2D eigenvalue weighted by Gasteiger charge is -2.08. The molecule has 0 fully saturated rings. The normalized spacial score (nSPS) is 10.5. The summed E-state index contributed by atoms with van der Waals surface area (Å²) in [6.07, 6.45) is 1.26. The second-order valence-electron chi connectivity index (χ2n) is 4.60. The number of rotatable bonds is 4. The average Bonchev–Trinajstić information content (AvgIpc) is 2.40. The highest BCUT2D eigenvalue weighted by Crippen LogP contribution is 2.28. The van der Waals surface area contributed by atoms with Crippen LogP contribution in [0.25, 0.3) is 0 Å². The third-order valence-corrected chi connectivity index (χ3v) is 3.66. The van der Waals surface area contributed by atoms with Crippen molar-refractivity contribution in [2.24, 2.45) is 0 Å². The molecule has 0 saturated carbocycles. The van der Waals surface area contributed by atoms with E-state index in [9.17, 15) is 15.2 Å². The van der Waals surface area contributed by atoms with Gasteiger partial charge in [-0.05, 0) is 43.0 Å². The molecule has 0 unspecified atom stereocenters. The number of nitro benzene ring substituents is 1. The Bertz CT molecular complexity index is 656. The molecule has 0 radical (unpaired) electrons. The molecule has 5 heteroatoms. The topological polar surface area (TPSA) is 63.4 Å². The van der Waals surface area contributed by atoms with Crippen LogP contribution in [0.3, 0.4) is 0 Å². The first-order valence-corrected chi connectivity index (χ1v) is 6.57. The van der Waals surface area contributed by atoms with Gasteiger partial charge < -0.3 is 5.11 Å². The van der Waals surface area contributed by atoms with Gasteiger partial charge in [0.05, 0.1) is 11.0 Å². The van der Waals surface area contributed by atoms with E-state index < -0.39 is 4.92 Å². The van der Waals surface area contributed by atoms with E-state index in [4.69, 9.17) is 11.6 Å². The molecule has 1 N–H and O–H groups in total. The fraction of sp³-hybridized carbons (Fsp3) is 0.200. The highest BCUT2D eigenvalue weighted by atomic mass is 35.5. The van der Waals surface area contributed by atoms with E-state index in [2.05, 4.69) is 0 Å². The molecule has 0 bridgehead atoms. The Kier molecular flexibility index (Phi) is 4.25. The minimum atomic E-state index is -0.478. The van der Waals surface area contributed by atoms with Gasteiger partial charge in [0, 0.05) is 10.6 Å². The van der Waals surface area contributed by atoms with Crippen LogP contribution in [0, 0.1) is 17.0 Å². The van der Waals surface area contributed by atoms with Gasteiger partial charge in [0.25, 0.3) is 5.69 Å². The minimum Gasteiger partial charge on any atom is -0.508 e. The Morgan fingerprint density at radius 1 is 1.20 bits per heavy atom. The molecule has 104 valence electrons. The van der Waals surface area contributed by atoms with Crippen molar-refractivity contribution in [3.05, 3.63) is 68.2 Å². The van der Waals surface area contributed by atoms with Crippen molar-refractivity contribution in [3.63, 3.8) is 0 Å². The summed E-state index contributed by atoms with van der Waals surface area (Å²) in [6, 6.07) is 10.2. The Labute approximate surface area is 121 Å². The summed E-state index contributed by atoms with van der Waals surface area (Å²) in [7, 11) is 0. The van der Waals surface area contributed by atoms with Gasteiger partial charge in [-0.1, -0.05) is 29.8 Å². The predicted octanol–water partition coefficient (Wildman–Crippen LogP) is 4.05. The highest BCUT2D eigenvalue weighted by Gasteiger charge is 2.16. The molecular weight excluding hydrogens is 278 g/mol. The molecule has 2 aromatic rings. The van der Waals surface area contributed by atoms with Crippen LogP contribution in [-0.4, -0.2) is 10.0 Å². The number of halogens is 1. The summed E-state index contributed by atoms with van der Waals surface area (Å²) < 4.78 is 0. The van der Waals surface area contributed by atoms with E-state index in [1.165, 1.54) is 6.07 Å². The van der Waals surface area contributed by atoms with Crippen molar-refractivity contribution in [3.8, 4) is 5.75 Å². The monoisotopic (exact) mass is 291 g/mol. The van der Waals surface area contributed by atoms with E-state index in [-0.39, 0.29) is 11.4 Å². The van der Waals surface area contributed by atoms with Crippen molar-refractivity contribution in [2.45, 2.75) is 19.8 Å². The lowest BCUT2D eigenvalue weighted by Crippen LogP contribution is -1.99. The summed E-state index contributed by atoms with van der Waals surface area (Å²) >= 11 is 6.09. The molecule has 0 atom stereocenters. The lowest BCUT2D eigenvalue weighted by atomic mass is 9.99.